The van der Waals surface area contributed by atoms with Gasteiger partial charge in [-0.05, 0) is 36.6 Å². The first-order valence-corrected chi connectivity index (χ1v) is 9.74. The van der Waals surface area contributed by atoms with Crippen LogP contribution in [-0.2, 0) is 12.0 Å². The molecular formula is C23H24N2O3. The molecule has 1 aromatic carbocycles. The number of rotatable bonds is 6. The van der Waals surface area contributed by atoms with Gasteiger partial charge in [-0.3, -0.25) is 9.59 Å². The van der Waals surface area contributed by atoms with Gasteiger partial charge in [-0.15, -0.1) is 0 Å². The van der Waals surface area contributed by atoms with Crippen LogP contribution in [0.15, 0.2) is 76.1 Å². The lowest BCUT2D eigenvalue weighted by Gasteiger charge is -2.29. The first-order chi connectivity index (χ1) is 13.7. The molecule has 3 aromatic rings. The monoisotopic (exact) mass is 376 g/mol. The molecule has 0 unspecified atom stereocenters. The standard InChI is InChI=1S/C23H24N2O3/c26-21-10-4-7-15-25(21)16-19-11-12-20(28-19)22(27)24-17-23(13-5-6-14-23)18-8-2-1-3-9-18/h1-4,7-12,15H,5-6,13-14,16-17H2,(H,24,27). The minimum absolute atomic E-state index is 0.00366. The predicted octanol–water partition coefficient (Wildman–Crippen LogP) is 3.73. The van der Waals surface area contributed by atoms with E-state index in [2.05, 4.69) is 29.6 Å². The van der Waals surface area contributed by atoms with Gasteiger partial charge in [0.2, 0.25) is 0 Å². The van der Waals surface area contributed by atoms with Gasteiger partial charge < -0.3 is 14.3 Å². The number of nitrogens with zero attached hydrogens (tertiary/aromatic N) is 1. The van der Waals surface area contributed by atoms with Gasteiger partial charge in [0.25, 0.3) is 11.5 Å². The summed E-state index contributed by atoms with van der Waals surface area (Å²) in [6.07, 6.45) is 6.23. The number of amides is 1. The van der Waals surface area contributed by atoms with Gasteiger partial charge in [0.05, 0.1) is 6.54 Å². The third kappa shape index (κ3) is 3.79. The summed E-state index contributed by atoms with van der Waals surface area (Å²) < 4.78 is 7.23. The number of furan rings is 1. The Balaban J connectivity index is 1.43. The maximum atomic E-state index is 12.6. The minimum atomic E-state index is -0.214. The molecule has 5 nitrogen and oxygen atoms in total. The smallest absolute Gasteiger partial charge is 0.287 e. The van der Waals surface area contributed by atoms with E-state index in [0.717, 1.165) is 12.8 Å². The van der Waals surface area contributed by atoms with Crippen molar-refractivity contribution in [2.24, 2.45) is 0 Å². The predicted molar refractivity (Wildman–Crippen MR) is 107 cm³/mol. The number of hydrogen-bond acceptors (Lipinski definition) is 3. The van der Waals surface area contributed by atoms with Crippen LogP contribution in [0.3, 0.4) is 0 Å². The Morgan fingerprint density at radius 1 is 1.00 bits per heavy atom. The molecule has 1 N–H and O–H groups in total. The minimum Gasteiger partial charge on any atom is -0.454 e. The lowest BCUT2D eigenvalue weighted by Crippen LogP contribution is -2.38. The Bertz CT molecular complexity index is 998. The number of aromatic nitrogens is 1. The molecule has 1 amide bonds. The van der Waals surface area contributed by atoms with E-state index in [1.165, 1.54) is 24.5 Å². The van der Waals surface area contributed by atoms with Crippen LogP contribution >= 0.6 is 0 Å². The fourth-order valence-corrected chi connectivity index (χ4v) is 4.09. The van der Waals surface area contributed by atoms with E-state index in [0.29, 0.717) is 18.8 Å². The van der Waals surface area contributed by atoms with Crippen molar-refractivity contribution in [1.29, 1.82) is 0 Å². The van der Waals surface area contributed by atoms with Crippen LogP contribution in [0.5, 0.6) is 0 Å². The first kappa shape index (κ1) is 18.3. The Kier molecular flexibility index (Phi) is 5.15. The molecule has 1 aliphatic carbocycles. The van der Waals surface area contributed by atoms with Crippen molar-refractivity contribution >= 4 is 5.91 Å². The van der Waals surface area contributed by atoms with Crippen molar-refractivity contribution in [3.63, 3.8) is 0 Å². The highest BCUT2D eigenvalue weighted by Gasteiger charge is 2.36. The summed E-state index contributed by atoms with van der Waals surface area (Å²) in [5.74, 6) is 0.645. The topological polar surface area (TPSA) is 64.2 Å². The Labute approximate surface area is 164 Å². The molecule has 0 spiro atoms. The molecule has 0 aliphatic heterocycles. The second-order valence-corrected chi connectivity index (χ2v) is 7.47. The van der Waals surface area contributed by atoms with E-state index >= 15 is 0 Å². The van der Waals surface area contributed by atoms with Gasteiger partial charge in [-0.2, -0.15) is 0 Å². The van der Waals surface area contributed by atoms with E-state index < -0.39 is 0 Å². The highest BCUT2D eigenvalue weighted by atomic mass is 16.4. The van der Waals surface area contributed by atoms with Gasteiger partial charge in [0.1, 0.15) is 5.76 Å². The molecule has 1 saturated carbocycles. The summed E-state index contributed by atoms with van der Waals surface area (Å²) in [7, 11) is 0. The largest absolute Gasteiger partial charge is 0.454 e. The van der Waals surface area contributed by atoms with Crippen molar-refractivity contribution in [3.8, 4) is 0 Å². The average molecular weight is 376 g/mol. The molecule has 0 saturated heterocycles. The number of benzene rings is 1. The summed E-state index contributed by atoms with van der Waals surface area (Å²) in [5.41, 5.74) is 1.19. The van der Waals surface area contributed by atoms with E-state index in [1.807, 2.05) is 6.07 Å². The van der Waals surface area contributed by atoms with E-state index in [1.54, 1.807) is 35.0 Å². The van der Waals surface area contributed by atoms with Gasteiger partial charge in [0, 0.05) is 24.2 Å². The molecule has 1 fully saturated rings. The van der Waals surface area contributed by atoms with Crippen molar-refractivity contribution in [3.05, 3.63) is 94.3 Å². The van der Waals surface area contributed by atoms with Crippen molar-refractivity contribution < 1.29 is 9.21 Å². The molecular weight excluding hydrogens is 352 g/mol. The highest BCUT2D eigenvalue weighted by molar-refractivity contribution is 5.91. The Morgan fingerprint density at radius 2 is 1.75 bits per heavy atom. The van der Waals surface area contributed by atoms with Gasteiger partial charge in [-0.25, -0.2) is 0 Å². The zero-order valence-corrected chi connectivity index (χ0v) is 15.8. The lowest BCUT2D eigenvalue weighted by molar-refractivity contribution is 0.0913. The van der Waals surface area contributed by atoms with Crippen molar-refractivity contribution in [1.82, 2.24) is 9.88 Å². The van der Waals surface area contributed by atoms with E-state index in [4.69, 9.17) is 4.42 Å². The number of hydrogen-bond donors (Lipinski definition) is 1. The van der Waals surface area contributed by atoms with Crippen LogP contribution in [0.1, 0.15) is 47.6 Å². The number of carbonyl (C=O) groups is 1. The maximum Gasteiger partial charge on any atom is 0.287 e. The van der Waals surface area contributed by atoms with E-state index in [-0.39, 0.29) is 22.6 Å². The molecule has 5 heteroatoms. The third-order valence-corrected chi connectivity index (χ3v) is 5.64. The van der Waals surface area contributed by atoms with E-state index in [9.17, 15) is 9.59 Å². The molecule has 2 aromatic heterocycles. The average Bonchev–Trinajstić information content (AvgIpc) is 3.39. The normalized spacial score (nSPS) is 15.4. The SMILES string of the molecule is O=C(NCC1(c2ccccc2)CCCC1)c1ccc(Cn2ccccc2=O)o1. The highest BCUT2D eigenvalue weighted by Crippen LogP contribution is 2.40. The zero-order chi connectivity index (χ0) is 19.4. The molecule has 1 aliphatic rings. The van der Waals surface area contributed by atoms with Crippen LogP contribution in [0.25, 0.3) is 0 Å². The summed E-state index contributed by atoms with van der Waals surface area (Å²) in [6, 6.07) is 18.9. The molecule has 144 valence electrons. The summed E-state index contributed by atoms with van der Waals surface area (Å²) in [6.45, 7) is 0.908. The second-order valence-electron chi connectivity index (χ2n) is 7.47. The quantitative estimate of drug-likeness (QED) is 0.713. The Hall–Kier alpha value is -3.08. The summed E-state index contributed by atoms with van der Waals surface area (Å²) in [4.78, 5) is 24.5. The fraction of sp³-hybridized carbons (Fsp3) is 0.304. The molecule has 0 radical (unpaired) electrons. The first-order valence-electron chi connectivity index (χ1n) is 9.74. The van der Waals surface area contributed by atoms with Crippen LogP contribution in [-0.4, -0.2) is 17.0 Å². The fourth-order valence-electron chi connectivity index (χ4n) is 4.09. The maximum absolute atomic E-state index is 12.6. The molecule has 4 rings (SSSR count). The van der Waals surface area contributed by atoms with Gasteiger partial charge in [0.15, 0.2) is 5.76 Å². The Morgan fingerprint density at radius 3 is 2.50 bits per heavy atom. The molecule has 0 bridgehead atoms. The van der Waals surface area contributed by atoms with Gasteiger partial charge in [-0.1, -0.05) is 49.2 Å². The third-order valence-electron chi connectivity index (χ3n) is 5.64. The number of nitrogens with one attached hydrogen (secondary N) is 1. The van der Waals surface area contributed by atoms with Crippen LogP contribution in [0, 0.1) is 0 Å². The summed E-state index contributed by atoms with van der Waals surface area (Å²) >= 11 is 0. The molecule has 0 atom stereocenters. The molecule has 2 heterocycles. The summed E-state index contributed by atoms with van der Waals surface area (Å²) in [5, 5.41) is 3.07. The van der Waals surface area contributed by atoms with Crippen LogP contribution in [0.2, 0.25) is 0 Å². The second kappa shape index (κ2) is 7.89. The lowest BCUT2D eigenvalue weighted by atomic mass is 9.79. The van der Waals surface area contributed by atoms with Crippen LogP contribution < -0.4 is 10.9 Å². The van der Waals surface area contributed by atoms with Crippen molar-refractivity contribution in [2.45, 2.75) is 37.6 Å². The number of pyridine rings is 1. The number of carbonyl (C=O) groups excluding carboxylic acids is 1. The van der Waals surface area contributed by atoms with Crippen LogP contribution in [0.4, 0.5) is 0 Å². The molecule has 28 heavy (non-hydrogen) atoms. The zero-order valence-electron chi connectivity index (χ0n) is 15.8. The van der Waals surface area contributed by atoms with Gasteiger partial charge >= 0.3 is 0 Å². The van der Waals surface area contributed by atoms with Crippen molar-refractivity contribution in [2.75, 3.05) is 6.54 Å².